The zero-order valence-electron chi connectivity index (χ0n) is 17.9. The molecule has 0 bridgehead atoms. The van der Waals surface area contributed by atoms with E-state index in [0.717, 1.165) is 18.6 Å². The largest absolute Gasteiger partial charge is 0.484 e. The van der Waals surface area contributed by atoms with E-state index in [4.69, 9.17) is 4.74 Å². The van der Waals surface area contributed by atoms with E-state index in [1.807, 2.05) is 35.2 Å². The number of benzene rings is 2. The molecule has 2 aromatic rings. The van der Waals surface area contributed by atoms with Gasteiger partial charge in [-0.15, -0.1) is 0 Å². The van der Waals surface area contributed by atoms with Crippen molar-refractivity contribution in [3.8, 4) is 5.75 Å². The van der Waals surface area contributed by atoms with Gasteiger partial charge in [0, 0.05) is 31.7 Å². The van der Waals surface area contributed by atoms with Crippen LogP contribution in [0.25, 0.3) is 0 Å². The summed E-state index contributed by atoms with van der Waals surface area (Å²) in [6, 6.07) is 14.0. The van der Waals surface area contributed by atoms with Crippen molar-refractivity contribution in [3.05, 3.63) is 64.7 Å². The summed E-state index contributed by atoms with van der Waals surface area (Å²) in [5, 5.41) is 0. The maximum atomic E-state index is 12.8. The Morgan fingerprint density at radius 1 is 0.900 bits per heavy atom. The summed E-state index contributed by atoms with van der Waals surface area (Å²) in [7, 11) is 0. The van der Waals surface area contributed by atoms with Gasteiger partial charge in [0.25, 0.3) is 11.8 Å². The molecule has 1 fully saturated rings. The zero-order chi connectivity index (χ0) is 21.1. The van der Waals surface area contributed by atoms with Crippen LogP contribution in [0, 0.1) is 0 Å². The third-order valence-corrected chi connectivity index (χ3v) is 6.18. The molecule has 1 aliphatic carbocycles. The summed E-state index contributed by atoms with van der Waals surface area (Å²) in [5.41, 5.74) is 4.67. The Kier molecular flexibility index (Phi) is 6.07. The molecular formula is C25H30N2O3. The number of piperazine rings is 1. The number of aryl methyl sites for hydroxylation is 2. The molecule has 4 rings (SSSR count). The lowest BCUT2D eigenvalue weighted by molar-refractivity contribution is -0.134. The molecule has 0 unspecified atom stereocenters. The van der Waals surface area contributed by atoms with Crippen LogP contribution >= 0.6 is 0 Å². The minimum atomic E-state index is -0.0242. The standard InChI is InChI=1S/C25H30N2O3/c1-18(2)19-6-8-21(9-7-19)25(29)27-14-12-26(13-15-27)24(28)17-30-23-11-10-20-4-3-5-22(20)16-23/h6-11,16,18H,3-5,12-15,17H2,1-2H3. The monoisotopic (exact) mass is 406 g/mol. The molecule has 0 atom stereocenters. The Labute approximate surface area is 178 Å². The van der Waals surface area contributed by atoms with E-state index >= 15 is 0 Å². The van der Waals surface area contributed by atoms with Crippen LogP contribution in [-0.4, -0.2) is 54.4 Å². The Morgan fingerprint density at radius 2 is 1.57 bits per heavy atom. The smallest absolute Gasteiger partial charge is 0.260 e. The first kappa shape index (κ1) is 20.5. The third-order valence-electron chi connectivity index (χ3n) is 6.18. The Hall–Kier alpha value is -2.82. The van der Waals surface area contributed by atoms with Crippen LogP contribution in [0.3, 0.4) is 0 Å². The summed E-state index contributed by atoms with van der Waals surface area (Å²) in [5.74, 6) is 1.22. The van der Waals surface area contributed by atoms with E-state index in [1.54, 1.807) is 4.90 Å². The highest BCUT2D eigenvalue weighted by molar-refractivity contribution is 5.94. The van der Waals surface area contributed by atoms with E-state index in [-0.39, 0.29) is 18.4 Å². The first-order chi connectivity index (χ1) is 14.5. The van der Waals surface area contributed by atoms with Crippen molar-refractivity contribution < 1.29 is 14.3 Å². The van der Waals surface area contributed by atoms with E-state index in [0.29, 0.717) is 37.7 Å². The number of hydrogen-bond acceptors (Lipinski definition) is 3. The topological polar surface area (TPSA) is 49.9 Å². The van der Waals surface area contributed by atoms with Gasteiger partial charge in [-0.1, -0.05) is 32.0 Å². The molecule has 1 heterocycles. The van der Waals surface area contributed by atoms with Crippen molar-refractivity contribution in [2.24, 2.45) is 0 Å². The van der Waals surface area contributed by atoms with E-state index in [2.05, 4.69) is 26.0 Å². The summed E-state index contributed by atoms with van der Waals surface area (Å²) < 4.78 is 5.75. The third kappa shape index (κ3) is 4.50. The second-order valence-electron chi connectivity index (χ2n) is 8.52. The number of hydrogen-bond donors (Lipinski definition) is 0. The van der Waals surface area contributed by atoms with E-state index in [9.17, 15) is 9.59 Å². The fraction of sp³-hybridized carbons (Fsp3) is 0.440. The van der Waals surface area contributed by atoms with Crippen molar-refractivity contribution in [1.29, 1.82) is 0 Å². The number of carbonyl (C=O) groups excluding carboxylic acids is 2. The highest BCUT2D eigenvalue weighted by atomic mass is 16.5. The van der Waals surface area contributed by atoms with Gasteiger partial charge >= 0.3 is 0 Å². The average molecular weight is 407 g/mol. The highest BCUT2D eigenvalue weighted by Crippen LogP contribution is 2.26. The summed E-state index contributed by atoms with van der Waals surface area (Å²) in [6.07, 6.45) is 3.43. The van der Waals surface area contributed by atoms with Gasteiger partial charge in [0.05, 0.1) is 0 Å². The molecule has 158 valence electrons. The first-order valence-corrected chi connectivity index (χ1v) is 10.9. The minimum absolute atomic E-state index is 0.0242. The molecule has 2 aliphatic rings. The van der Waals surface area contributed by atoms with E-state index < -0.39 is 0 Å². The van der Waals surface area contributed by atoms with Crippen LogP contribution in [0.1, 0.15) is 53.2 Å². The number of rotatable bonds is 5. The van der Waals surface area contributed by atoms with Crippen LogP contribution < -0.4 is 4.74 Å². The van der Waals surface area contributed by atoms with Gasteiger partial charge in [0.15, 0.2) is 6.61 Å². The SMILES string of the molecule is CC(C)c1ccc(C(=O)N2CCN(C(=O)COc3ccc4c(c3)CCC4)CC2)cc1. The fourth-order valence-corrected chi connectivity index (χ4v) is 4.23. The number of fused-ring (bicyclic) bond motifs is 1. The molecule has 0 radical (unpaired) electrons. The molecule has 0 spiro atoms. The van der Waals surface area contributed by atoms with Gasteiger partial charge in [-0.25, -0.2) is 0 Å². The van der Waals surface area contributed by atoms with E-state index in [1.165, 1.54) is 23.1 Å². The van der Waals surface area contributed by atoms with Crippen LogP contribution in [0.2, 0.25) is 0 Å². The summed E-state index contributed by atoms with van der Waals surface area (Å²) in [6.45, 7) is 6.51. The van der Waals surface area contributed by atoms with Crippen molar-refractivity contribution in [2.75, 3.05) is 32.8 Å². The van der Waals surface area contributed by atoms with Gasteiger partial charge in [-0.3, -0.25) is 9.59 Å². The number of nitrogens with zero attached hydrogens (tertiary/aromatic N) is 2. The average Bonchev–Trinajstić information content (AvgIpc) is 3.25. The van der Waals surface area contributed by atoms with Crippen LogP contribution in [0.15, 0.2) is 42.5 Å². The maximum Gasteiger partial charge on any atom is 0.260 e. The second-order valence-corrected chi connectivity index (χ2v) is 8.52. The fourth-order valence-electron chi connectivity index (χ4n) is 4.23. The predicted octanol–water partition coefficient (Wildman–Crippen LogP) is 3.66. The molecule has 0 N–H and O–H groups in total. The summed E-state index contributed by atoms with van der Waals surface area (Å²) in [4.78, 5) is 28.9. The van der Waals surface area contributed by atoms with Crippen molar-refractivity contribution in [3.63, 3.8) is 0 Å². The molecule has 1 aliphatic heterocycles. The molecule has 2 aromatic carbocycles. The first-order valence-electron chi connectivity index (χ1n) is 10.9. The zero-order valence-corrected chi connectivity index (χ0v) is 17.9. The molecule has 2 amide bonds. The minimum Gasteiger partial charge on any atom is -0.484 e. The number of carbonyl (C=O) groups is 2. The lowest BCUT2D eigenvalue weighted by Crippen LogP contribution is -2.51. The van der Waals surface area contributed by atoms with Gasteiger partial charge in [-0.05, 0) is 66.1 Å². The molecule has 30 heavy (non-hydrogen) atoms. The van der Waals surface area contributed by atoms with Crippen molar-refractivity contribution in [1.82, 2.24) is 9.80 Å². The predicted molar refractivity (Wildman–Crippen MR) is 117 cm³/mol. The number of amides is 2. The Morgan fingerprint density at radius 3 is 2.27 bits per heavy atom. The summed E-state index contributed by atoms with van der Waals surface area (Å²) >= 11 is 0. The van der Waals surface area contributed by atoms with Crippen molar-refractivity contribution in [2.45, 2.75) is 39.0 Å². The van der Waals surface area contributed by atoms with Gasteiger partial charge < -0.3 is 14.5 Å². The normalized spacial score (nSPS) is 16.0. The highest BCUT2D eigenvalue weighted by Gasteiger charge is 2.25. The lowest BCUT2D eigenvalue weighted by Gasteiger charge is -2.34. The number of ether oxygens (including phenoxy) is 1. The molecule has 0 aromatic heterocycles. The Balaban J connectivity index is 1.26. The molecular weight excluding hydrogens is 376 g/mol. The molecule has 5 heteroatoms. The van der Waals surface area contributed by atoms with Gasteiger partial charge in [0.1, 0.15) is 5.75 Å². The van der Waals surface area contributed by atoms with Crippen LogP contribution in [-0.2, 0) is 17.6 Å². The van der Waals surface area contributed by atoms with Gasteiger partial charge in [0.2, 0.25) is 0 Å². The van der Waals surface area contributed by atoms with Gasteiger partial charge in [-0.2, -0.15) is 0 Å². The molecule has 1 saturated heterocycles. The quantitative estimate of drug-likeness (QED) is 0.761. The Bertz CT molecular complexity index is 912. The molecule has 0 saturated carbocycles. The second kappa shape index (κ2) is 8.90. The maximum absolute atomic E-state index is 12.8. The van der Waals surface area contributed by atoms with Crippen LogP contribution in [0.4, 0.5) is 0 Å². The molecule has 5 nitrogen and oxygen atoms in total. The van der Waals surface area contributed by atoms with Crippen LogP contribution in [0.5, 0.6) is 5.75 Å². The lowest BCUT2D eigenvalue weighted by atomic mass is 10.0. The van der Waals surface area contributed by atoms with Crippen molar-refractivity contribution >= 4 is 11.8 Å².